The molecule has 0 bridgehead atoms. The number of hydrogen-bond acceptors (Lipinski definition) is 6. The minimum absolute atomic E-state index is 0.278. The molecule has 0 saturated carbocycles. The number of benzene rings is 1. The van der Waals surface area contributed by atoms with Crippen LogP contribution in [0.2, 0.25) is 0 Å². The highest BCUT2D eigenvalue weighted by Gasteiger charge is 2.23. The Morgan fingerprint density at radius 3 is 2.59 bits per heavy atom. The summed E-state index contributed by atoms with van der Waals surface area (Å²) in [7, 11) is 2.13. The van der Waals surface area contributed by atoms with Crippen LogP contribution in [0.15, 0.2) is 42.5 Å². The number of nitrogens with one attached hydrogen (secondary N) is 1. The monoisotopic (exact) mass is 435 g/mol. The topological polar surface area (TPSA) is 71.0 Å². The number of likely N-dealkylation sites (tertiary alicyclic amines) is 1. The molecule has 0 aliphatic carbocycles. The molecule has 7 heteroatoms. The zero-order chi connectivity index (χ0) is 23.1. The van der Waals surface area contributed by atoms with Crippen molar-refractivity contribution in [3.63, 3.8) is 0 Å². The van der Waals surface area contributed by atoms with E-state index in [1.165, 1.54) is 19.1 Å². The first-order valence-corrected chi connectivity index (χ1v) is 10.8. The fourth-order valence-corrected chi connectivity index (χ4v) is 3.90. The van der Waals surface area contributed by atoms with E-state index in [0.29, 0.717) is 11.5 Å². The summed E-state index contributed by atoms with van der Waals surface area (Å²) < 4.78 is 13.6. The van der Waals surface area contributed by atoms with Gasteiger partial charge in [-0.05, 0) is 77.5 Å². The first-order chi connectivity index (χ1) is 15.4. The zero-order valence-corrected chi connectivity index (χ0v) is 19.1. The Kier molecular flexibility index (Phi) is 8.00. The molecule has 4 rings (SSSR count). The van der Waals surface area contributed by atoms with Crippen molar-refractivity contribution in [3.8, 4) is 11.3 Å². The number of likely N-dealkylation sites (N-methyl/N-ethyl adjacent to an activating group) is 1. The van der Waals surface area contributed by atoms with Crippen molar-refractivity contribution < 1.29 is 9.18 Å². The van der Waals surface area contributed by atoms with E-state index in [2.05, 4.69) is 28.3 Å². The SMILES string of the molecule is CC=O.Cc1ccc(-c2cc(Nc3cccc(F)c3)nc(C3CCCN(C)C3)n2)c(C)n1. The highest BCUT2D eigenvalue weighted by molar-refractivity contribution is 5.67. The van der Waals surface area contributed by atoms with Gasteiger partial charge in [-0.2, -0.15) is 0 Å². The highest BCUT2D eigenvalue weighted by Crippen LogP contribution is 2.30. The molecule has 1 N–H and O–H groups in total. The molecule has 168 valence electrons. The highest BCUT2D eigenvalue weighted by atomic mass is 19.1. The Labute approximate surface area is 188 Å². The van der Waals surface area contributed by atoms with Gasteiger partial charge >= 0.3 is 0 Å². The van der Waals surface area contributed by atoms with E-state index in [9.17, 15) is 4.39 Å². The number of hydrogen-bond donors (Lipinski definition) is 1. The summed E-state index contributed by atoms with van der Waals surface area (Å²) in [6.07, 6.45) is 2.95. The quantitative estimate of drug-likeness (QED) is 0.578. The lowest BCUT2D eigenvalue weighted by molar-refractivity contribution is -0.106. The van der Waals surface area contributed by atoms with Gasteiger partial charge in [0, 0.05) is 41.2 Å². The summed E-state index contributed by atoms with van der Waals surface area (Å²) in [5, 5.41) is 3.25. The zero-order valence-electron chi connectivity index (χ0n) is 19.1. The van der Waals surface area contributed by atoms with Crippen LogP contribution in [0.1, 0.15) is 42.9 Å². The summed E-state index contributed by atoms with van der Waals surface area (Å²) in [5.41, 5.74) is 4.41. The van der Waals surface area contributed by atoms with E-state index in [0.717, 1.165) is 60.7 Å². The molecule has 32 heavy (non-hydrogen) atoms. The molecular weight excluding hydrogens is 405 g/mol. The van der Waals surface area contributed by atoms with E-state index in [-0.39, 0.29) is 11.7 Å². The number of aldehydes is 1. The van der Waals surface area contributed by atoms with Gasteiger partial charge in [-0.3, -0.25) is 4.98 Å². The molecule has 2 aromatic heterocycles. The van der Waals surface area contributed by atoms with Gasteiger partial charge in [-0.1, -0.05) is 6.07 Å². The Balaban J connectivity index is 0.000000913. The van der Waals surface area contributed by atoms with Gasteiger partial charge in [0.1, 0.15) is 23.7 Å². The van der Waals surface area contributed by atoms with E-state index in [1.54, 1.807) is 6.07 Å². The van der Waals surface area contributed by atoms with Crippen molar-refractivity contribution in [1.82, 2.24) is 19.9 Å². The Bertz CT molecular complexity index is 1070. The molecule has 1 atom stereocenters. The van der Waals surface area contributed by atoms with Gasteiger partial charge in [-0.15, -0.1) is 0 Å². The fraction of sp³-hybridized carbons (Fsp3) is 0.360. The Morgan fingerprint density at radius 2 is 1.91 bits per heavy atom. The smallest absolute Gasteiger partial charge is 0.135 e. The van der Waals surface area contributed by atoms with Crippen LogP contribution in [-0.2, 0) is 4.79 Å². The van der Waals surface area contributed by atoms with E-state index in [4.69, 9.17) is 14.8 Å². The van der Waals surface area contributed by atoms with Crippen molar-refractivity contribution in [3.05, 3.63) is 65.5 Å². The third-order valence-electron chi connectivity index (χ3n) is 5.33. The molecule has 6 nitrogen and oxygen atoms in total. The van der Waals surface area contributed by atoms with Crippen molar-refractivity contribution >= 4 is 17.8 Å². The summed E-state index contributed by atoms with van der Waals surface area (Å²) in [4.78, 5) is 25.4. The molecule has 3 heterocycles. The van der Waals surface area contributed by atoms with Crippen LogP contribution in [0, 0.1) is 19.7 Å². The number of anilines is 2. The summed E-state index contributed by atoms with van der Waals surface area (Å²) in [6, 6.07) is 12.4. The van der Waals surface area contributed by atoms with E-state index < -0.39 is 0 Å². The van der Waals surface area contributed by atoms with Crippen LogP contribution >= 0.6 is 0 Å². The van der Waals surface area contributed by atoms with Crippen molar-refractivity contribution in [1.29, 1.82) is 0 Å². The molecule has 1 fully saturated rings. The number of pyridine rings is 1. The molecular formula is C25H30FN5O. The lowest BCUT2D eigenvalue weighted by atomic mass is 9.97. The lowest BCUT2D eigenvalue weighted by Crippen LogP contribution is -2.31. The van der Waals surface area contributed by atoms with Crippen molar-refractivity contribution in [2.75, 3.05) is 25.5 Å². The number of carbonyl (C=O) groups excluding carboxylic acids is 1. The van der Waals surface area contributed by atoms with Crippen LogP contribution in [0.3, 0.4) is 0 Å². The van der Waals surface area contributed by atoms with Crippen molar-refractivity contribution in [2.24, 2.45) is 0 Å². The van der Waals surface area contributed by atoms with Crippen LogP contribution in [0.5, 0.6) is 0 Å². The second kappa shape index (κ2) is 10.9. The number of halogens is 1. The second-order valence-corrected chi connectivity index (χ2v) is 8.05. The Morgan fingerprint density at radius 1 is 1.12 bits per heavy atom. The summed E-state index contributed by atoms with van der Waals surface area (Å²) in [6.45, 7) is 7.47. The third-order valence-corrected chi connectivity index (χ3v) is 5.33. The van der Waals surface area contributed by atoms with E-state index in [1.807, 2.05) is 32.0 Å². The van der Waals surface area contributed by atoms with Crippen LogP contribution < -0.4 is 5.32 Å². The second-order valence-electron chi connectivity index (χ2n) is 8.05. The molecule has 3 aromatic rings. The number of aryl methyl sites for hydroxylation is 2. The van der Waals surface area contributed by atoms with Crippen LogP contribution in [0.25, 0.3) is 11.3 Å². The average Bonchev–Trinajstić information content (AvgIpc) is 2.74. The average molecular weight is 436 g/mol. The molecule has 0 amide bonds. The fourth-order valence-electron chi connectivity index (χ4n) is 3.90. The molecule has 1 unspecified atom stereocenters. The van der Waals surface area contributed by atoms with Gasteiger partial charge in [0.2, 0.25) is 0 Å². The maximum atomic E-state index is 13.6. The summed E-state index contributed by atoms with van der Waals surface area (Å²) in [5.74, 6) is 1.49. The number of carbonyl (C=O) groups is 1. The number of piperidine rings is 1. The minimum Gasteiger partial charge on any atom is -0.340 e. The normalized spacial score (nSPS) is 16.1. The molecule has 1 aliphatic rings. The van der Waals surface area contributed by atoms with Crippen molar-refractivity contribution in [2.45, 2.75) is 39.5 Å². The summed E-state index contributed by atoms with van der Waals surface area (Å²) >= 11 is 0. The minimum atomic E-state index is -0.281. The van der Waals surface area contributed by atoms with Gasteiger partial charge in [-0.25, -0.2) is 14.4 Å². The number of aromatic nitrogens is 3. The van der Waals surface area contributed by atoms with Gasteiger partial charge in [0.25, 0.3) is 0 Å². The predicted octanol–water partition coefficient (Wildman–Crippen LogP) is 5.05. The third kappa shape index (κ3) is 6.17. The van der Waals surface area contributed by atoms with Gasteiger partial charge < -0.3 is 15.0 Å². The van der Waals surface area contributed by atoms with Crippen LogP contribution in [-0.4, -0.2) is 46.3 Å². The van der Waals surface area contributed by atoms with Gasteiger partial charge in [0.05, 0.1) is 5.69 Å². The van der Waals surface area contributed by atoms with Crippen LogP contribution in [0.4, 0.5) is 15.9 Å². The standard InChI is InChI=1S/C23H26FN5.C2H4O/c1-15-9-10-20(16(2)25-15)21-13-22(26-19-8-4-7-18(24)12-19)28-23(27-21)17-6-5-11-29(3)14-17;1-2-3/h4,7-10,12-13,17H,5-6,11,14H2,1-3H3,(H,26,27,28);2H,1H3. The molecule has 0 radical (unpaired) electrons. The molecule has 1 aliphatic heterocycles. The largest absolute Gasteiger partial charge is 0.340 e. The maximum absolute atomic E-state index is 13.6. The van der Waals surface area contributed by atoms with Gasteiger partial charge in [0.15, 0.2) is 0 Å². The first kappa shape index (κ1) is 23.5. The Hall–Kier alpha value is -3.19. The maximum Gasteiger partial charge on any atom is 0.135 e. The molecule has 1 saturated heterocycles. The number of nitrogens with zero attached hydrogens (tertiary/aromatic N) is 4. The first-order valence-electron chi connectivity index (χ1n) is 10.8. The number of rotatable bonds is 4. The molecule has 0 spiro atoms. The van der Waals surface area contributed by atoms with E-state index >= 15 is 0 Å². The lowest BCUT2D eigenvalue weighted by Gasteiger charge is -2.29. The predicted molar refractivity (Wildman–Crippen MR) is 126 cm³/mol. The molecule has 1 aromatic carbocycles.